The summed E-state index contributed by atoms with van der Waals surface area (Å²) < 4.78 is 23.9. The molecule has 1 aliphatic carbocycles. The molecule has 3 heterocycles. The molecule has 23 heavy (non-hydrogen) atoms. The van der Waals surface area contributed by atoms with Crippen molar-refractivity contribution in [3.63, 3.8) is 0 Å². The van der Waals surface area contributed by atoms with Crippen molar-refractivity contribution < 1.29 is 24.1 Å². The molecule has 0 radical (unpaired) electrons. The number of aliphatic hydroxyl groups is 1. The smallest absolute Gasteiger partial charge is 0.147 e. The number of ether oxygens (including phenoxy) is 4. The van der Waals surface area contributed by atoms with Gasteiger partial charge in [0, 0.05) is 25.0 Å². The molecule has 0 aromatic rings. The quantitative estimate of drug-likeness (QED) is 0.815. The Morgan fingerprint density at radius 2 is 1.96 bits per heavy atom. The molecule has 1 saturated carbocycles. The van der Waals surface area contributed by atoms with Crippen LogP contribution >= 0.6 is 0 Å². The zero-order chi connectivity index (χ0) is 16.4. The van der Waals surface area contributed by atoms with E-state index in [1.807, 2.05) is 13.8 Å². The maximum Gasteiger partial charge on any atom is 0.147 e. The summed E-state index contributed by atoms with van der Waals surface area (Å²) in [5.74, 6) is 0.722. The predicted molar refractivity (Wildman–Crippen MR) is 82.8 cm³/mol. The monoisotopic (exact) mass is 327 g/mol. The first-order valence-corrected chi connectivity index (χ1v) is 8.77. The summed E-state index contributed by atoms with van der Waals surface area (Å²) >= 11 is 0. The van der Waals surface area contributed by atoms with Crippen LogP contribution in [0, 0.1) is 11.8 Å². The second kappa shape index (κ2) is 5.64. The average molecular weight is 327 g/mol. The van der Waals surface area contributed by atoms with Crippen molar-refractivity contribution in [1.29, 1.82) is 0 Å². The lowest BCUT2D eigenvalue weighted by molar-refractivity contribution is -0.203. The van der Waals surface area contributed by atoms with Gasteiger partial charge in [-0.2, -0.15) is 0 Å². The molecule has 3 saturated heterocycles. The fourth-order valence-corrected chi connectivity index (χ4v) is 5.31. The lowest BCUT2D eigenvalue weighted by Crippen LogP contribution is -2.65. The van der Waals surface area contributed by atoms with Gasteiger partial charge in [0.15, 0.2) is 0 Å². The molecular formula is C17H29NO5. The summed E-state index contributed by atoms with van der Waals surface area (Å²) in [5.41, 5.74) is -0.836. The molecule has 8 atom stereocenters. The SMILES string of the molecule is COC1C2C[C@@H](C(C)(C)O)OC2N(C)C2C1CCC1OCOC12. The maximum atomic E-state index is 10.4. The number of hydrogen-bond acceptors (Lipinski definition) is 6. The predicted octanol–water partition coefficient (Wildman–Crippen LogP) is 0.969. The average Bonchev–Trinajstić information content (AvgIpc) is 3.13. The lowest BCUT2D eigenvalue weighted by Gasteiger charge is -2.53. The highest BCUT2D eigenvalue weighted by molar-refractivity contribution is 5.08. The highest BCUT2D eigenvalue weighted by Gasteiger charge is 2.59. The molecule has 1 N–H and O–H groups in total. The summed E-state index contributed by atoms with van der Waals surface area (Å²) in [6, 6.07) is 0.253. The maximum absolute atomic E-state index is 10.4. The number of piperidine rings is 1. The van der Waals surface area contributed by atoms with Gasteiger partial charge in [-0.15, -0.1) is 0 Å². The van der Waals surface area contributed by atoms with Crippen molar-refractivity contribution in [3.8, 4) is 0 Å². The number of likely N-dealkylation sites (tertiary alicyclic amines) is 1. The topological polar surface area (TPSA) is 60.4 Å². The summed E-state index contributed by atoms with van der Waals surface area (Å²) in [4.78, 5) is 2.32. The minimum Gasteiger partial charge on any atom is -0.388 e. The van der Waals surface area contributed by atoms with Crippen molar-refractivity contribution >= 4 is 0 Å². The van der Waals surface area contributed by atoms with Gasteiger partial charge in [-0.1, -0.05) is 0 Å². The fraction of sp³-hybridized carbons (Fsp3) is 1.00. The molecule has 4 fully saturated rings. The first-order chi connectivity index (χ1) is 10.9. The van der Waals surface area contributed by atoms with E-state index in [1.165, 1.54) is 0 Å². The van der Waals surface area contributed by atoms with Crippen LogP contribution in [0.25, 0.3) is 0 Å². The summed E-state index contributed by atoms with van der Waals surface area (Å²) in [5, 5.41) is 10.4. The Hall–Kier alpha value is -0.240. The highest BCUT2D eigenvalue weighted by atomic mass is 16.7. The number of fused-ring (bicyclic) bond motifs is 4. The van der Waals surface area contributed by atoms with Gasteiger partial charge in [-0.3, -0.25) is 4.90 Å². The molecule has 4 aliphatic rings. The van der Waals surface area contributed by atoms with Gasteiger partial charge in [0.25, 0.3) is 0 Å². The van der Waals surface area contributed by atoms with Crippen LogP contribution in [-0.4, -0.2) is 73.2 Å². The molecule has 6 heteroatoms. The third-order valence-corrected chi connectivity index (χ3v) is 6.40. The largest absolute Gasteiger partial charge is 0.388 e. The molecule has 4 rings (SSSR count). The molecule has 0 amide bonds. The standard InChI is InChI=1S/C17H29NO5/c1-17(2,19)12-7-10-14(20-4)9-5-6-11-15(22-8-21-11)13(9)18(3)16(10)23-12/h9-16,19H,5-8H2,1-4H3/t9?,10?,11?,12-,13?,14?,15?,16?/m0/s1. The Bertz CT molecular complexity index is 453. The Labute approximate surface area is 138 Å². The van der Waals surface area contributed by atoms with Crippen LogP contribution in [0.5, 0.6) is 0 Å². The molecule has 3 aliphatic heterocycles. The van der Waals surface area contributed by atoms with Gasteiger partial charge >= 0.3 is 0 Å². The van der Waals surface area contributed by atoms with E-state index in [4.69, 9.17) is 18.9 Å². The summed E-state index contributed by atoms with van der Waals surface area (Å²) in [6.07, 6.45) is 3.22. The van der Waals surface area contributed by atoms with Crippen LogP contribution in [0.2, 0.25) is 0 Å². The number of rotatable bonds is 2. The zero-order valence-corrected chi connectivity index (χ0v) is 14.5. The van der Waals surface area contributed by atoms with Crippen LogP contribution in [0.1, 0.15) is 33.1 Å². The minimum absolute atomic E-state index is 0.0272. The molecule has 6 nitrogen and oxygen atoms in total. The van der Waals surface area contributed by atoms with E-state index in [0.29, 0.717) is 18.6 Å². The van der Waals surface area contributed by atoms with Crippen molar-refractivity contribution in [2.24, 2.45) is 11.8 Å². The van der Waals surface area contributed by atoms with E-state index in [9.17, 15) is 5.11 Å². The number of nitrogens with zero attached hydrogens (tertiary/aromatic N) is 1. The van der Waals surface area contributed by atoms with E-state index in [-0.39, 0.29) is 36.7 Å². The summed E-state index contributed by atoms with van der Waals surface area (Å²) in [7, 11) is 3.93. The Morgan fingerprint density at radius 3 is 2.65 bits per heavy atom. The normalized spacial score (nSPS) is 50.5. The zero-order valence-electron chi connectivity index (χ0n) is 14.5. The van der Waals surface area contributed by atoms with Gasteiger partial charge in [-0.25, -0.2) is 0 Å². The van der Waals surface area contributed by atoms with Crippen molar-refractivity contribution in [2.45, 2.75) is 75.4 Å². The van der Waals surface area contributed by atoms with Crippen LogP contribution < -0.4 is 0 Å². The molecule has 132 valence electrons. The van der Waals surface area contributed by atoms with Crippen LogP contribution in [0.3, 0.4) is 0 Å². The molecule has 0 aromatic heterocycles. The van der Waals surface area contributed by atoms with Crippen molar-refractivity contribution in [2.75, 3.05) is 21.0 Å². The van der Waals surface area contributed by atoms with Gasteiger partial charge in [0.1, 0.15) is 19.1 Å². The van der Waals surface area contributed by atoms with Crippen molar-refractivity contribution in [3.05, 3.63) is 0 Å². The Kier molecular flexibility index (Phi) is 3.99. The first-order valence-electron chi connectivity index (χ1n) is 8.77. The van der Waals surface area contributed by atoms with E-state index in [2.05, 4.69) is 11.9 Å². The third-order valence-electron chi connectivity index (χ3n) is 6.40. The van der Waals surface area contributed by atoms with E-state index >= 15 is 0 Å². The van der Waals surface area contributed by atoms with E-state index in [1.54, 1.807) is 7.11 Å². The third kappa shape index (κ3) is 2.46. The molecule has 0 spiro atoms. The first kappa shape index (κ1) is 16.2. The number of methoxy groups -OCH3 is 1. The number of likely N-dealkylation sites (N-methyl/N-ethyl adjacent to an activating group) is 1. The lowest BCUT2D eigenvalue weighted by atomic mass is 9.69. The highest BCUT2D eigenvalue weighted by Crippen LogP contribution is 2.49. The number of hydrogen-bond donors (Lipinski definition) is 1. The van der Waals surface area contributed by atoms with Gasteiger partial charge in [-0.05, 0) is 40.2 Å². The van der Waals surface area contributed by atoms with Gasteiger partial charge in [0.2, 0.25) is 0 Å². The second-order valence-electron chi connectivity index (χ2n) is 8.12. The Balaban J connectivity index is 1.63. The Morgan fingerprint density at radius 1 is 1.17 bits per heavy atom. The molecular weight excluding hydrogens is 298 g/mol. The van der Waals surface area contributed by atoms with E-state index < -0.39 is 5.60 Å². The summed E-state index contributed by atoms with van der Waals surface area (Å²) in [6.45, 7) is 4.05. The van der Waals surface area contributed by atoms with Crippen LogP contribution in [-0.2, 0) is 18.9 Å². The van der Waals surface area contributed by atoms with Gasteiger partial charge in [0.05, 0.1) is 23.9 Å². The molecule has 0 aromatic carbocycles. The van der Waals surface area contributed by atoms with E-state index in [0.717, 1.165) is 19.3 Å². The second-order valence-corrected chi connectivity index (χ2v) is 8.12. The molecule has 7 unspecified atom stereocenters. The van der Waals surface area contributed by atoms with Crippen molar-refractivity contribution in [1.82, 2.24) is 4.90 Å². The van der Waals surface area contributed by atoms with Gasteiger partial charge < -0.3 is 24.1 Å². The molecule has 0 bridgehead atoms. The fourth-order valence-electron chi connectivity index (χ4n) is 5.31. The van der Waals surface area contributed by atoms with Crippen LogP contribution in [0.4, 0.5) is 0 Å². The minimum atomic E-state index is -0.836. The van der Waals surface area contributed by atoms with Crippen LogP contribution in [0.15, 0.2) is 0 Å².